The first kappa shape index (κ1) is 14.5. The molecular weight excluding hydrogens is 230 g/mol. The number of aliphatic hydroxyl groups is 1. The van der Waals surface area contributed by atoms with Crippen molar-refractivity contribution in [2.75, 3.05) is 19.7 Å². The van der Waals surface area contributed by atoms with Gasteiger partial charge in [-0.3, -0.25) is 4.79 Å². The van der Waals surface area contributed by atoms with Crippen molar-refractivity contribution in [1.29, 1.82) is 0 Å². The molecule has 4 heteroatoms. The lowest BCUT2D eigenvalue weighted by Gasteiger charge is -2.19. The van der Waals surface area contributed by atoms with Crippen LogP contribution in [0.1, 0.15) is 31.1 Å². The van der Waals surface area contributed by atoms with E-state index >= 15 is 0 Å². The molecule has 0 bridgehead atoms. The van der Waals surface area contributed by atoms with Gasteiger partial charge in [-0.1, -0.05) is 0 Å². The fourth-order valence-electron chi connectivity index (χ4n) is 1.65. The molecule has 1 rings (SSSR count). The minimum Gasteiger partial charge on any atom is -0.491 e. The van der Waals surface area contributed by atoms with E-state index in [4.69, 9.17) is 9.84 Å². The minimum atomic E-state index is -0.0670. The van der Waals surface area contributed by atoms with E-state index in [0.717, 1.165) is 5.75 Å². The number of nitrogens with zero attached hydrogens (tertiary/aromatic N) is 1. The quantitative estimate of drug-likeness (QED) is 0.840. The Morgan fingerprint density at radius 1 is 1.33 bits per heavy atom. The smallest absolute Gasteiger partial charge is 0.253 e. The van der Waals surface area contributed by atoms with E-state index in [1.54, 1.807) is 29.2 Å². The molecule has 0 saturated heterocycles. The van der Waals surface area contributed by atoms with Crippen molar-refractivity contribution < 1.29 is 14.6 Å². The molecule has 18 heavy (non-hydrogen) atoms. The summed E-state index contributed by atoms with van der Waals surface area (Å²) in [7, 11) is 0. The number of carbonyl (C=O) groups is 1. The summed E-state index contributed by atoms with van der Waals surface area (Å²) in [6, 6.07) is 7.08. The number of rotatable bonds is 6. The van der Waals surface area contributed by atoms with Crippen LogP contribution in [0.3, 0.4) is 0 Å². The van der Waals surface area contributed by atoms with E-state index in [1.807, 2.05) is 20.8 Å². The molecule has 0 radical (unpaired) electrons. The minimum absolute atomic E-state index is 0.0197. The zero-order valence-corrected chi connectivity index (χ0v) is 11.2. The number of benzene rings is 1. The van der Waals surface area contributed by atoms with Crippen molar-refractivity contribution in [2.24, 2.45) is 0 Å². The van der Waals surface area contributed by atoms with Crippen LogP contribution in [-0.2, 0) is 0 Å². The number of amides is 1. The lowest BCUT2D eigenvalue weighted by Crippen LogP contribution is -2.33. The highest BCUT2D eigenvalue weighted by atomic mass is 16.5. The van der Waals surface area contributed by atoms with Gasteiger partial charge >= 0.3 is 0 Å². The third kappa shape index (κ3) is 4.04. The molecule has 1 aromatic rings. The molecule has 0 saturated carbocycles. The molecule has 0 spiro atoms. The van der Waals surface area contributed by atoms with Gasteiger partial charge in [-0.15, -0.1) is 0 Å². The Balaban J connectivity index is 2.74. The molecule has 0 atom stereocenters. The summed E-state index contributed by atoms with van der Waals surface area (Å²) in [4.78, 5) is 13.7. The molecule has 0 aliphatic carbocycles. The molecule has 0 fully saturated rings. The summed E-state index contributed by atoms with van der Waals surface area (Å²) in [5.74, 6) is 0.689. The number of hydrogen-bond donors (Lipinski definition) is 1. The average molecular weight is 251 g/mol. The van der Waals surface area contributed by atoms with Gasteiger partial charge < -0.3 is 14.7 Å². The Bertz CT molecular complexity index is 373. The first-order valence-corrected chi connectivity index (χ1v) is 6.25. The van der Waals surface area contributed by atoms with Crippen LogP contribution >= 0.6 is 0 Å². The first-order chi connectivity index (χ1) is 8.58. The third-order valence-corrected chi connectivity index (χ3v) is 2.51. The lowest BCUT2D eigenvalue weighted by molar-refractivity contribution is 0.0732. The number of aliphatic hydroxyl groups excluding tert-OH is 1. The summed E-state index contributed by atoms with van der Waals surface area (Å²) in [5, 5.41) is 8.89. The van der Waals surface area contributed by atoms with Gasteiger partial charge in [-0.2, -0.15) is 0 Å². The molecule has 0 aliphatic heterocycles. The first-order valence-electron chi connectivity index (χ1n) is 6.25. The summed E-state index contributed by atoms with van der Waals surface area (Å²) in [5.41, 5.74) is 0.612. The number of ether oxygens (including phenoxy) is 1. The second-order valence-electron chi connectivity index (χ2n) is 4.30. The number of hydrogen-bond acceptors (Lipinski definition) is 3. The van der Waals surface area contributed by atoms with Crippen molar-refractivity contribution in [1.82, 2.24) is 4.90 Å². The van der Waals surface area contributed by atoms with Crippen molar-refractivity contribution >= 4 is 5.91 Å². The second kappa shape index (κ2) is 7.01. The molecule has 0 unspecified atom stereocenters. The predicted molar refractivity (Wildman–Crippen MR) is 70.9 cm³/mol. The standard InChI is InChI=1S/C14H21NO3/c1-4-15(9-10-16)14(17)12-5-7-13(8-6-12)18-11(2)3/h5-8,11,16H,4,9-10H2,1-3H3. The number of likely N-dealkylation sites (N-methyl/N-ethyl adjacent to an activating group) is 1. The summed E-state index contributed by atoms with van der Waals surface area (Å²) in [6.45, 7) is 6.74. The van der Waals surface area contributed by atoms with Gasteiger partial charge in [0.15, 0.2) is 0 Å². The molecule has 100 valence electrons. The van der Waals surface area contributed by atoms with Gasteiger partial charge in [-0.05, 0) is 45.0 Å². The zero-order chi connectivity index (χ0) is 13.5. The van der Waals surface area contributed by atoms with Gasteiger partial charge in [0, 0.05) is 18.7 Å². The highest BCUT2D eigenvalue weighted by Crippen LogP contribution is 2.15. The highest BCUT2D eigenvalue weighted by molar-refractivity contribution is 5.94. The van der Waals surface area contributed by atoms with Crippen molar-refractivity contribution in [2.45, 2.75) is 26.9 Å². The van der Waals surface area contributed by atoms with E-state index < -0.39 is 0 Å². The topological polar surface area (TPSA) is 49.8 Å². The van der Waals surface area contributed by atoms with Crippen LogP contribution in [0, 0.1) is 0 Å². The normalized spacial score (nSPS) is 10.5. The van der Waals surface area contributed by atoms with E-state index in [9.17, 15) is 4.79 Å². The Hall–Kier alpha value is -1.55. The molecular formula is C14H21NO3. The van der Waals surface area contributed by atoms with Gasteiger partial charge in [0.2, 0.25) is 0 Å². The van der Waals surface area contributed by atoms with Crippen LogP contribution in [-0.4, -0.2) is 41.7 Å². The Morgan fingerprint density at radius 2 is 1.94 bits per heavy atom. The monoisotopic (exact) mass is 251 g/mol. The van der Waals surface area contributed by atoms with Crippen LogP contribution in [0.25, 0.3) is 0 Å². The van der Waals surface area contributed by atoms with Gasteiger partial charge in [0.25, 0.3) is 5.91 Å². The maximum Gasteiger partial charge on any atom is 0.253 e. The largest absolute Gasteiger partial charge is 0.491 e. The molecule has 0 aliphatic rings. The van der Waals surface area contributed by atoms with Crippen LogP contribution in [0.4, 0.5) is 0 Å². The van der Waals surface area contributed by atoms with E-state index in [-0.39, 0.29) is 18.6 Å². The SMILES string of the molecule is CCN(CCO)C(=O)c1ccc(OC(C)C)cc1. The van der Waals surface area contributed by atoms with Crippen LogP contribution in [0.5, 0.6) is 5.75 Å². The van der Waals surface area contributed by atoms with Crippen molar-refractivity contribution in [3.8, 4) is 5.75 Å². The van der Waals surface area contributed by atoms with Crippen LogP contribution in [0.15, 0.2) is 24.3 Å². The fourth-order valence-corrected chi connectivity index (χ4v) is 1.65. The van der Waals surface area contributed by atoms with Gasteiger partial charge in [0.1, 0.15) is 5.75 Å². The van der Waals surface area contributed by atoms with Gasteiger partial charge in [0.05, 0.1) is 12.7 Å². The Morgan fingerprint density at radius 3 is 2.39 bits per heavy atom. The Kier molecular flexibility index (Phi) is 5.65. The van der Waals surface area contributed by atoms with E-state index in [0.29, 0.717) is 18.7 Å². The second-order valence-corrected chi connectivity index (χ2v) is 4.30. The summed E-state index contributed by atoms with van der Waals surface area (Å²) >= 11 is 0. The fraction of sp³-hybridized carbons (Fsp3) is 0.500. The highest BCUT2D eigenvalue weighted by Gasteiger charge is 2.13. The zero-order valence-electron chi connectivity index (χ0n) is 11.2. The predicted octanol–water partition coefficient (Wildman–Crippen LogP) is 1.93. The molecule has 1 aromatic carbocycles. The maximum atomic E-state index is 12.1. The number of carbonyl (C=O) groups excluding carboxylic acids is 1. The average Bonchev–Trinajstić information content (AvgIpc) is 2.35. The van der Waals surface area contributed by atoms with Crippen molar-refractivity contribution in [3.05, 3.63) is 29.8 Å². The van der Waals surface area contributed by atoms with E-state index in [1.165, 1.54) is 0 Å². The van der Waals surface area contributed by atoms with Crippen LogP contribution in [0.2, 0.25) is 0 Å². The summed E-state index contributed by atoms with van der Waals surface area (Å²) in [6.07, 6.45) is 0.119. The van der Waals surface area contributed by atoms with Gasteiger partial charge in [-0.25, -0.2) is 0 Å². The molecule has 0 aromatic heterocycles. The molecule has 1 amide bonds. The summed E-state index contributed by atoms with van der Waals surface area (Å²) < 4.78 is 5.52. The lowest BCUT2D eigenvalue weighted by atomic mass is 10.2. The molecule has 0 heterocycles. The third-order valence-electron chi connectivity index (χ3n) is 2.51. The maximum absolute atomic E-state index is 12.1. The van der Waals surface area contributed by atoms with E-state index in [2.05, 4.69) is 0 Å². The molecule has 4 nitrogen and oxygen atoms in total. The van der Waals surface area contributed by atoms with Crippen LogP contribution < -0.4 is 4.74 Å². The molecule has 1 N–H and O–H groups in total. The van der Waals surface area contributed by atoms with Crippen molar-refractivity contribution in [3.63, 3.8) is 0 Å². The Labute approximate surface area is 108 Å².